The number of rotatable bonds is 5. The maximum atomic E-state index is 12.6. The van der Waals surface area contributed by atoms with Crippen LogP contribution in [0.15, 0.2) is 30.3 Å². The van der Waals surface area contributed by atoms with E-state index in [0.717, 1.165) is 38.2 Å². The Morgan fingerprint density at radius 3 is 2.50 bits per heavy atom. The number of nitrogens with one attached hydrogen (secondary N) is 1. The van der Waals surface area contributed by atoms with Gasteiger partial charge < -0.3 is 5.32 Å². The first-order valence-electron chi connectivity index (χ1n) is 8.70. The fourth-order valence-electron chi connectivity index (χ4n) is 3.22. The summed E-state index contributed by atoms with van der Waals surface area (Å²) in [4.78, 5) is 18.3. The highest BCUT2D eigenvalue weighted by Crippen LogP contribution is 2.23. The number of amides is 1. The van der Waals surface area contributed by atoms with Crippen molar-refractivity contribution in [2.24, 2.45) is 0 Å². The van der Waals surface area contributed by atoms with Gasteiger partial charge in [0.25, 0.3) is 0 Å². The molecule has 0 fully saturated rings. The summed E-state index contributed by atoms with van der Waals surface area (Å²) >= 11 is 1.66. The molecule has 1 unspecified atom stereocenters. The Morgan fingerprint density at radius 2 is 1.88 bits per heavy atom. The van der Waals surface area contributed by atoms with E-state index in [1.807, 2.05) is 69.6 Å². The van der Waals surface area contributed by atoms with Crippen LogP contribution in [0, 0.1) is 27.7 Å². The zero-order valence-corrected chi connectivity index (χ0v) is 16.6. The van der Waals surface area contributed by atoms with E-state index < -0.39 is 0 Å². The molecule has 0 bridgehead atoms. The normalized spacial score (nSPS) is 12.2. The van der Waals surface area contributed by atoms with E-state index in [-0.39, 0.29) is 11.9 Å². The Balaban J connectivity index is 1.76. The average molecular weight is 369 g/mol. The predicted molar refractivity (Wildman–Crippen MR) is 105 cm³/mol. The number of nitrogens with zero attached hydrogens (tertiary/aromatic N) is 3. The molecule has 1 atom stereocenters. The van der Waals surface area contributed by atoms with Gasteiger partial charge in [-0.2, -0.15) is 5.10 Å². The second kappa shape index (κ2) is 7.41. The first kappa shape index (κ1) is 18.3. The van der Waals surface area contributed by atoms with E-state index in [4.69, 9.17) is 0 Å². The summed E-state index contributed by atoms with van der Waals surface area (Å²) in [5, 5.41) is 8.71. The molecule has 0 aliphatic heterocycles. The highest BCUT2D eigenvalue weighted by Gasteiger charge is 2.19. The molecule has 136 valence electrons. The minimum atomic E-state index is -0.0998. The lowest BCUT2D eigenvalue weighted by Gasteiger charge is -2.13. The minimum Gasteiger partial charge on any atom is -0.348 e. The Bertz CT molecular complexity index is 927. The van der Waals surface area contributed by atoms with Gasteiger partial charge in [0.1, 0.15) is 0 Å². The zero-order chi connectivity index (χ0) is 18.8. The van der Waals surface area contributed by atoms with Crippen LogP contribution in [-0.4, -0.2) is 20.7 Å². The Kier molecular flexibility index (Phi) is 5.23. The van der Waals surface area contributed by atoms with Crippen LogP contribution in [0.3, 0.4) is 0 Å². The lowest BCUT2D eigenvalue weighted by molar-refractivity contribution is -0.121. The average Bonchev–Trinajstić information content (AvgIpc) is 3.08. The SMILES string of the molecule is Cc1nc(C(C)NC(=O)Cc2c(C)nn(-c3ccccc3)c2C)c(C)s1. The van der Waals surface area contributed by atoms with Gasteiger partial charge >= 0.3 is 0 Å². The summed E-state index contributed by atoms with van der Waals surface area (Å²) in [7, 11) is 0. The van der Waals surface area contributed by atoms with E-state index in [9.17, 15) is 4.79 Å². The van der Waals surface area contributed by atoms with Crippen LogP contribution >= 0.6 is 11.3 Å². The lowest BCUT2D eigenvalue weighted by Crippen LogP contribution is -2.29. The molecule has 0 spiro atoms. The van der Waals surface area contributed by atoms with Crippen molar-refractivity contribution in [3.63, 3.8) is 0 Å². The van der Waals surface area contributed by atoms with Crippen LogP contribution in [-0.2, 0) is 11.2 Å². The number of aromatic nitrogens is 3. The van der Waals surface area contributed by atoms with Crippen molar-refractivity contribution in [2.45, 2.75) is 47.1 Å². The highest BCUT2D eigenvalue weighted by molar-refractivity contribution is 7.11. The van der Waals surface area contributed by atoms with Crippen molar-refractivity contribution >= 4 is 17.2 Å². The van der Waals surface area contributed by atoms with Gasteiger partial charge in [0, 0.05) is 16.1 Å². The lowest BCUT2D eigenvalue weighted by atomic mass is 10.1. The molecule has 1 N–H and O–H groups in total. The summed E-state index contributed by atoms with van der Waals surface area (Å²) < 4.78 is 1.90. The van der Waals surface area contributed by atoms with Gasteiger partial charge in [-0.3, -0.25) is 4.79 Å². The number of hydrogen-bond acceptors (Lipinski definition) is 4. The van der Waals surface area contributed by atoms with Crippen molar-refractivity contribution in [1.29, 1.82) is 0 Å². The topological polar surface area (TPSA) is 59.8 Å². The van der Waals surface area contributed by atoms with Gasteiger partial charge in [0.2, 0.25) is 5.91 Å². The summed E-state index contributed by atoms with van der Waals surface area (Å²) in [6.45, 7) is 9.97. The zero-order valence-electron chi connectivity index (χ0n) is 15.8. The third kappa shape index (κ3) is 3.70. The molecule has 0 saturated heterocycles. The molecule has 2 aromatic heterocycles. The van der Waals surface area contributed by atoms with Gasteiger partial charge in [-0.25, -0.2) is 9.67 Å². The van der Waals surface area contributed by atoms with Crippen molar-refractivity contribution in [3.8, 4) is 5.69 Å². The van der Waals surface area contributed by atoms with E-state index in [0.29, 0.717) is 6.42 Å². The molecule has 6 heteroatoms. The van der Waals surface area contributed by atoms with Crippen molar-refractivity contribution in [2.75, 3.05) is 0 Å². The first-order chi connectivity index (χ1) is 12.4. The number of thiazole rings is 1. The van der Waals surface area contributed by atoms with Gasteiger partial charge in [0.05, 0.1) is 34.5 Å². The number of carbonyl (C=O) groups is 1. The third-order valence-electron chi connectivity index (χ3n) is 4.51. The van der Waals surface area contributed by atoms with Crippen molar-refractivity contribution < 1.29 is 4.79 Å². The van der Waals surface area contributed by atoms with Crippen molar-refractivity contribution in [3.05, 3.63) is 62.9 Å². The molecule has 0 saturated carbocycles. The summed E-state index contributed by atoms with van der Waals surface area (Å²) in [5.74, 6) is -0.0126. The van der Waals surface area contributed by atoms with Crippen LogP contribution in [0.25, 0.3) is 5.69 Å². The smallest absolute Gasteiger partial charge is 0.225 e. The fourth-order valence-corrected chi connectivity index (χ4v) is 4.13. The van der Waals surface area contributed by atoms with Crippen LogP contribution in [0.1, 0.15) is 45.5 Å². The van der Waals surface area contributed by atoms with E-state index >= 15 is 0 Å². The highest BCUT2D eigenvalue weighted by atomic mass is 32.1. The molecule has 0 aliphatic rings. The molecule has 0 radical (unpaired) electrons. The Hall–Kier alpha value is -2.47. The van der Waals surface area contributed by atoms with Crippen LogP contribution in [0.5, 0.6) is 0 Å². The van der Waals surface area contributed by atoms with Gasteiger partial charge in [0.15, 0.2) is 0 Å². The number of para-hydroxylation sites is 1. The Morgan fingerprint density at radius 1 is 1.19 bits per heavy atom. The second-order valence-electron chi connectivity index (χ2n) is 6.54. The molecule has 0 aliphatic carbocycles. The van der Waals surface area contributed by atoms with Crippen LogP contribution in [0.4, 0.5) is 0 Å². The number of carbonyl (C=O) groups excluding carboxylic acids is 1. The van der Waals surface area contributed by atoms with Crippen LogP contribution in [0.2, 0.25) is 0 Å². The van der Waals surface area contributed by atoms with E-state index in [2.05, 4.69) is 15.4 Å². The Labute approximate surface area is 158 Å². The number of hydrogen-bond donors (Lipinski definition) is 1. The summed E-state index contributed by atoms with van der Waals surface area (Å²) in [6.07, 6.45) is 0.316. The number of aryl methyl sites for hydroxylation is 3. The maximum absolute atomic E-state index is 12.6. The molecular formula is C20H24N4OS. The molecular weight excluding hydrogens is 344 g/mol. The van der Waals surface area contributed by atoms with Gasteiger partial charge in [-0.1, -0.05) is 18.2 Å². The standard InChI is InChI=1S/C20H24N4OS/c1-12-18(14(3)24(23-12)17-9-7-6-8-10-17)11-19(25)21-13(2)20-15(4)26-16(5)22-20/h6-10,13H,11H2,1-5H3,(H,21,25). The molecule has 3 aromatic rings. The largest absolute Gasteiger partial charge is 0.348 e. The van der Waals surface area contributed by atoms with Gasteiger partial charge in [-0.15, -0.1) is 11.3 Å². The predicted octanol–water partition coefficient (Wildman–Crippen LogP) is 3.98. The summed E-state index contributed by atoms with van der Waals surface area (Å²) in [6, 6.07) is 9.87. The maximum Gasteiger partial charge on any atom is 0.225 e. The monoisotopic (exact) mass is 368 g/mol. The van der Waals surface area contributed by atoms with E-state index in [1.54, 1.807) is 11.3 Å². The molecule has 2 heterocycles. The summed E-state index contributed by atoms with van der Waals surface area (Å²) in [5.41, 5.74) is 4.81. The third-order valence-corrected chi connectivity index (χ3v) is 5.41. The fraction of sp³-hybridized carbons (Fsp3) is 0.350. The second-order valence-corrected chi connectivity index (χ2v) is 7.94. The first-order valence-corrected chi connectivity index (χ1v) is 9.52. The number of benzene rings is 1. The van der Waals surface area contributed by atoms with Gasteiger partial charge in [-0.05, 0) is 46.8 Å². The molecule has 5 nitrogen and oxygen atoms in total. The molecule has 26 heavy (non-hydrogen) atoms. The van der Waals surface area contributed by atoms with Crippen molar-refractivity contribution in [1.82, 2.24) is 20.1 Å². The van der Waals surface area contributed by atoms with Crippen LogP contribution < -0.4 is 5.32 Å². The molecule has 1 amide bonds. The van der Waals surface area contributed by atoms with E-state index in [1.165, 1.54) is 0 Å². The minimum absolute atomic E-state index is 0.0126. The molecule has 3 rings (SSSR count). The molecule has 1 aromatic carbocycles. The quantitative estimate of drug-likeness (QED) is 0.741.